The number of rotatable bonds is 24. The van der Waals surface area contributed by atoms with Gasteiger partial charge in [-0.1, -0.05) is 79.1 Å². The van der Waals surface area contributed by atoms with Gasteiger partial charge in [0.25, 0.3) is 0 Å². The van der Waals surface area contributed by atoms with Gasteiger partial charge >= 0.3 is 0 Å². The van der Waals surface area contributed by atoms with Gasteiger partial charge in [0, 0.05) is 0 Å². The van der Waals surface area contributed by atoms with Crippen LogP contribution in [0.2, 0.25) is 0 Å². The SMILES string of the molecule is CCCCCC(Br)Oc1cc2cc3cc(OC(Br)CCCCC)c(OC(Br)CCCCC)cc3cc2cc1OC(Br)CCCCC. The average Bonchev–Trinajstić information content (AvgIpc) is 3.01. The fraction of sp³-hybridized carbons (Fsp3) is 0.632. The van der Waals surface area contributed by atoms with Crippen molar-refractivity contribution in [2.75, 3.05) is 0 Å². The molecule has 4 unspecified atom stereocenters. The molecule has 3 aromatic rings. The van der Waals surface area contributed by atoms with Gasteiger partial charge in [0.1, 0.15) is 0 Å². The summed E-state index contributed by atoms with van der Waals surface area (Å²) in [4.78, 5) is 0. The molecule has 3 rings (SSSR count). The summed E-state index contributed by atoms with van der Waals surface area (Å²) in [6.07, 6.45) is 17.7. The molecule has 0 heterocycles. The minimum Gasteiger partial charge on any atom is -0.475 e. The van der Waals surface area contributed by atoms with Crippen molar-refractivity contribution < 1.29 is 18.9 Å². The van der Waals surface area contributed by atoms with Gasteiger partial charge in [-0.2, -0.15) is 0 Å². The molecule has 4 atom stereocenters. The third kappa shape index (κ3) is 13.7. The molecule has 3 aromatic carbocycles. The monoisotopic (exact) mass is 890 g/mol. The predicted molar refractivity (Wildman–Crippen MR) is 211 cm³/mol. The predicted octanol–water partition coefficient (Wildman–Crippen LogP) is 14.7. The summed E-state index contributed by atoms with van der Waals surface area (Å²) in [5.74, 6) is 3.03. The number of hydrogen-bond donors (Lipinski definition) is 0. The van der Waals surface area contributed by atoms with Crippen LogP contribution in [0.15, 0.2) is 36.4 Å². The second-order valence-electron chi connectivity index (χ2n) is 12.2. The molecule has 0 fully saturated rings. The van der Waals surface area contributed by atoms with Gasteiger partial charge in [0.15, 0.2) is 43.1 Å². The Balaban J connectivity index is 2.01. The van der Waals surface area contributed by atoms with Crippen LogP contribution in [0.4, 0.5) is 0 Å². The zero-order valence-electron chi connectivity index (χ0n) is 28.2. The van der Waals surface area contributed by atoms with Crippen LogP contribution in [0, 0.1) is 0 Å². The molecule has 0 N–H and O–H groups in total. The van der Waals surface area contributed by atoms with E-state index in [1.54, 1.807) is 0 Å². The van der Waals surface area contributed by atoms with Gasteiger partial charge in [0.2, 0.25) is 0 Å². The lowest BCUT2D eigenvalue weighted by Gasteiger charge is -2.21. The number of benzene rings is 3. The van der Waals surface area contributed by atoms with Crippen LogP contribution in [-0.2, 0) is 0 Å². The van der Waals surface area contributed by atoms with Crippen molar-refractivity contribution in [3.05, 3.63) is 36.4 Å². The van der Waals surface area contributed by atoms with E-state index in [1.807, 2.05) is 0 Å². The van der Waals surface area contributed by atoms with Gasteiger partial charge in [-0.3, -0.25) is 0 Å². The summed E-state index contributed by atoms with van der Waals surface area (Å²) < 4.78 is 25.9. The smallest absolute Gasteiger partial charge is 0.163 e. The minimum atomic E-state index is -0.0778. The molecule has 8 heteroatoms. The minimum absolute atomic E-state index is 0.0778. The number of ether oxygens (including phenoxy) is 4. The topological polar surface area (TPSA) is 36.9 Å². The number of halogens is 4. The highest BCUT2D eigenvalue weighted by Crippen LogP contribution is 2.41. The van der Waals surface area contributed by atoms with Gasteiger partial charge in [-0.15, -0.1) is 0 Å². The first kappa shape index (κ1) is 39.7. The number of hydrogen-bond acceptors (Lipinski definition) is 4. The fourth-order valence-electron chi connectivity index (χ4n) is 5.39. The van der Waals surface area contributed by atoms with Gasteiger partial charge < -0.3 is 18.9 Å². The van der Waals surface area contributed by atoms with E-state index in [2.05, 4.69) is 128 Å². The molecule has 0 aliphatic rings. The first-order chi connectivity index (χ1) is 22.3. The summed E-state index contributed by atoms with van der Waals surface area (Å²) >= 11 is 15.1. The molecule has 46 heavy (non-hydrogen) atoms. The number of fused-ring (bicyclic) bond motifs is 2. The van der Waals surface area contributed by atoms with E-state index >= 15 is 0 Å². The lowest BCUT2D eigenvalue weighted by Crippen LogP contribution is -2.12. The summed E-state index contributed by atoms with van der Waals surface area (Å²) in [5, 5.41) is 4.06. The molecule has 0 saturated heterocycles. The number of alkyl halides is 4. The standard InChI is InChI=1S/C38H54Br4O4/c1-5-9-13-17-35(39)43-31-23-27-21-29-25-33(45-37(41)19-15-11-7-3)34(46-38(42)20-16-12-8-4)26-30(29)22-28(27)24-32(31)44-36(40)18-14-10-6-2/h21-26,35-38H,5-20H2,1-4H3. The van der Waals surface area contributed by atoms with Crippen molar-refractivity contribution >= 4 is 85.3 Å². The van der Waals surface area contributed by atoms with Gasteiger partial charge in [0.05, 0.1) is 0 Å². The van der Waals surface area contributed by atoms with Crippen LogP contribution in [0.1, 0.15) is 130 Å². The molecule has 0 radical (unpaired) electrons. The van der Waals surface area contributed by atoms with E-state index < -0.39 is 0 Å². The third-order valence-electron chi connectivity index (χ3n) is 8.08. The Morgan fingerprint density at radius 1 is 0.370 bits per heavy atom. The molecule has 4 nitrogen and oxygen atoms in total. The van der Waals surface area contributed by atoms with Crippen molar-refractivity contribution in [1.82, 2.24) is 0 Å². The van der Waals surface area contributed by atoms with Crippen LogP contribution in [0.3, 0.4) is 0 Å². The highest BCUT2D eigenvalue weighted by atomic mass is 79.9. The molecule has 0 amide bonds. The zero-order chi connectivity index (χ0) is 33.3. The molecule has 0 aromatic heterocycles. The molecule has 258 valence electrons. The van der Waals surface area contributed by atoms with Crippen LogP contribution >= 0.6 is 63.7 Å². The van der Waals surface area contributed by atoms with Crippen LogP contribution in [0.5, 0.6) is 23.0 Å². The van der Waals surface area contributed by atoms with Gasteiger partial charge in [-0.05, 0) is 173 Å². The molecular weight excluding hydrogens is 840 g/mol. The molecule has 0 bridgehead atoms. The number of unbranched alkanes of at least 4 members (excludes halogenated alkanes) is 8. The second-order valence-corrected chi connectivity index (χ2v) is 16.3. The molecule has 0 aliphatic carbocycles. The average molecular weight is 894 g/mol. The Morgan fingerprint density at radius 2 is 0.587 bits per heavy atom. The Bertz CT molecular complexity index is 1110. The van der Waals surface area contributed by atoms with Crippen molar-refractivity contribution in [2.24, 2.45) is 0 Å². The quantitative estimate of drug-likeness (QED) is 0.0510. The maximum Gasteiger partial charge on any atom is 0.163 e. The van der Waals surface area contributed by atoms with Crippen molar-refractivity contribution in [3.63, 3.8) is 0 Å². The van der Waals surface area contributed by atoms with Gasteiger partial charge in [-0.25, -0.2) is 0 Å². The molecule has 0 spiro atoms. The lowest BCUT2D eigenvalue weighted by molar-refractivity contribution is 0.234. The normalized spacial score (nSPS) is 14.3. The van der Waals surface area contributed by atoms with E-state index in [1.165, 1.54) is 51.4 Å². The molecular formula is C38H54Br4O4. The third-order valence-corrected chi connectivity index (χ3v) is 10.7. The summed E-state index contributed by atoms with van der Waals surface area (Å²) in [6, 6.07) is 12.9. The van der Waals surface area contributed by atoms with Crippen molar-refractivity contribution in [1.29, 1.82) is 0 Å². The highest BCUT2D eigenvalue weighted by molar-refractivity contribution is 9.10. The van der Waals surface area contributed by atoms with E-state index in [-0.39, 0.29) is 20.1 Å². The van der Waals surface area contributed by atoms with E-state index in [9.17, 15) is 0 Å². The van der Waals surface area contributed by atoms with Crippen LogP contribution < -0.4 is 18.9 Å². The van der Waals surface area contributed by atoms with Crippen LogP contribution in [-0.4, -0.2) is 20.1 Å². The van der Waals surface area contributed by atoms with E-state index in [0.717, 1.165) is 95.9 Å². The Morgan fingerprint density at radius 3 is 0.783 bits per heavy atom. The second kappa shape index (κ2) is 22.1. The maximum absolute atomic E-state index is 6.48. The summed E-state index contributed by atoms with van der Waals surface area (Å²) in [7, 11) is 0. The maximum atomic E-state index is 6.48. The lowest BCUT2D eigenvalue weighted by atomic mass is 10.0. The first-order valence-electron chi connectivity index (χ1n) is 17.6. The Kier molecular flexibility index (Phi) is 19.1. The highest BCUT2D eigenvalue weighted by Gasteiger charge is 2.19. The van der Waals surface area contributed by atoms with Crippen LogP contribution in [0.25, 0.3) is 21.5 Å². The zero-order valence-corrected chi connectivity index (χ0v) is 34.6. The largest absolute Gasteiger partial charge is 0.475 e. The Labute approximate surface area is 311 Å². The van der Waals surface area contributed by atoms with E-state index in [4.69, 9.17) is 18.9 Å². The van der Waals surface area contributed by atoms with Crippen molar-refractivity contribution in [3.8, 4) is 23.0 Å². The molecule has 0 aliphatic heterocycles. The van der Waals surface area contributed by atoms with Crippen molar-refractivity contribution in [2.45, 2.75) is 150 Å². The fourth-order valence-corrected chi connectivity index (χ4v) is 7.49. The molecule has 0 saturated carbocycles. The Hall–Kier alpha value is -0.700. The summed E-state index contributed by atoms with van der Waals surface area (Å²) in [6.45, 7) is 8.89. The first-order valence-corrected chi connectivity index (χ1v) is 21.2. The van der Waals surface area contributed by atoms with E-state index in [0.29, 0.717) is 0 Å². The summed E-state index contributed by atoms with van der Waals surface area (Å²) in [5.41, 5.74) is 0.